The van der Waals surface area contributed by atoms with E-state index < -0.39 is 32.9 Å². The summed E-state index contributed by atoms with van der Waals surface area (Å²) in [4.78, 5) is 7.97. The molecule has 0 fully saturated rings. The third kappa shape index (κ3) is 5.54. The molecule has 0 unspecified atom stereocenters. The van der Waals surface area contributed by atoms with E-state index in [1.807, 2.05) is 0 Å². The predicted octanol–water partition coefficient (Wildman–Crippen LogP) is 5.03. The van der Waals surface area contributed by atoms with Gasteiger partial charge in [0.1, 0.15) is 11.4 Å². The Morgan fingerprint density at radius 2 is 1.85 bits per heavy atom. The van der Waals surface area contributed by atoms with Crippen molar-refractivity contribution in [2.45, 2.75) is 18.6 Å². The lowest BCUT2D eigenvalue weighted by molar-refractivity contribution is 0.252. The average Bonchev–Trinajstić information content (AvgIpc) is 2.72. The molecule has 174 valence electrons. The molecule has 1 aromatic heterocycles. The summed E-state index contributed by atoms with van der Waals surface area (Å²) in [5, 5.41) is 2.91. The number of ether oxygens (including phenoxy) is 2. The van der Waals surface area contributed by atoms with E-state index in [1.165, 1.54) is 6.26 Å². The normalized spacial score (nSPS) is 15.5. The number of rotatable bonds is 2. The molecular weight excluding hydrogens is 457 g/mol. The van der Waals surface area contributed by atoms with Gasteiger partial charge in [0.15, 0.2) is 23.2 Å². The van der Waals surface area contributed by atoms with Gasteiger partial charge >= 0.3 is 0 Å². The molecule has 2 N–H and O–H groups in total. The van der Waals surface area contributed by atoms with Crippen LogP contribution < -0.4 is 14.8 Å². The van der Waals surface area contributed by atoms with Crippen LogP contribution in [0.5, 0.6) is 11.5 Å². The molecule has 0 radical (unpaired) electrons. The Labute approximate surface area is 189 Å². The lowest BCUT2D eigenvalue weighted by Crippen LogP contribution is -2.08. The highest BCUT2D eigenvalue weighted by atomic mass is 32.2. The van der Waals surface area contributed by atoms with Crippen molar-refractivity contribution < 1.29 is 26.9 Å². The first-order valence-electron chi connectivity index (χ1n) is 10.1. The fraction of sp³-hybridized carbons (Fsp3) is 0.273. The molecule has 11 heteroatoms. The van der Waals surface area contributed by atoms with Gasteiger partial charge in [0.2, 0.25) is 5.95 Å². The van der Waals surface area contributed by atoms with Crippen LogP contribution in [0.15, 0.2) is 36.5 Å². The molecule has 6 bridgehead atoms. The molecule has 0 saturated carbocycles. The van der Waals surface area contributed by atoms with Crippen molar-refractivity contribution in [1.82, 2.24) is 9.97 Å². The Kier molecular flexibility index (Phi) is 6.41. The smallest absolute Gasteiger partial charge is 0.227 e. The fourth-order valence-electron chi connectivity index (χ4n) is 3.38. The van der Waals surface area contributed by atoms with Crippen molar-refractivity contribution in [3.63, 3.8) is 0 Å². The lowest BCUT2D eigenvalue weighted by Gasteiger charge is -2.15. The van der Waals surface area contributed by atoms with Crippen molar-refractivity contribution in [2.75, 3.05) is 24.8 Å². The molecule has 1 aliphatic heterocycles. The molecule has 1 aliphatic rings. The van der Waals surface area contributed by atoms with Gasteiger partial charge in [-0.3, -0.25) is 4.78 Å². The van der Waals surface area contributed by atoms with E-state index in [4.69, 9.17) is 14.3 Å². The first-order valence-corrected chi connectivity index (χ1v) is 12.2. The molecule has 1 atom stereocenters. The second-order valence-corrected chi connectivity index (χ2v) is 9.97. The van der Waals surface area contributed by atoms with Gasteiger partial charge in [-0.1, -0.05) is 0 Å². The topological polar surface area (TPSA) is 97.2 Å². The standard InChI is InChI=1S/C22H21F3N4O3S/c1-33(26,30)12-13-8-14-10-15(9-13)31-6-2-3-7-32-21-17(23)5-4-16(19(21)25)20-18(24)11-27-22(28-14)29-20/h4-5,8-11,26H,2-3,6-7,12H2,1H3,(H,27,28,29)/t33-/m1/s1. The van der Waals surface area contributed by atoms with Crippen molar-refractivity contribution >= 4 is 21.4 Å². The highest BCUT2D eigenvalue weighted by molar-refractivity contribution is 7.90. The number of nitrogens with zero attached hydrogens (tertiary/aromatic N) is 2. The average molecular weight is 478 g/mol. The third-order valence-corrected chi connectivity index (χ3v) is 5.65. The van der Waals surface area contributed by atoms with Gasteiger partial charge in [0.05, 0.1) is 25.2 Å². The van der Waals surface area contributed by atoms with Crippen LogP contribution in [-0.2, 0) is 15.5 Å². The summed E-state index contributed by atoms with van der Waals surface area (Å²) in [6, 6.07) is 7.10. The van der Waals surface area contributed by atoms with E-state index in [1.54, 1.807) is 18.2 Å². The SMILES string of the molecule is C[S@@](=N)(=O)Cc1cc2cc(c1)OCCCCOc1c(F)ccc(c1F)-c1nc(ncc1F)N2. The summed E-state index contributed by atoms with van der Waals surface area (Å²) in [5.74, 6) is -3.01. The lowest BCUT2D eigenvalue weighted by atomic mass is 10.1. The number of halogens is 3. The van der Waals surface area contributed by atoms with E-state index in [0.717, 1.165) is 18.3 Å². The first kappa shape index (κ1) is 22.8. The van der Waals surface area contributed by atoms with E-state index in [-0.39, 0.29) is 29.6 Å². The Morgan fingerprint density at radius 1 is 1.09 bits per heavy atom. The highest BCUT2D eigenvalue weighted by Crippen LogP contribution is 2.33. The van der Waals surface area contributed by atoms with Crippen LogP contribution >= 0.6 is 0 Å². The van der Waals surface area contributed by atoms with Gasteiger partial charge in [-0.15, -0.1) is 0 Å². The zero-order valence-corrected chi connectivity index (χ0v) is 18.5. The van der Waals surface area contributed by atoms with Crippen LogP contribution in [-0.4, -0.2) is 33.6 Å². The van der Waals surface area contributed by atoms with Crippen LogP contribution in [0, 0.1) is 22.2 Å². The number of hydrogen-bond donors (Lipinski definition) is 2. The molecule has 4 rings (SSSR count). The van der Waals surface area contributed by atoms with Crippen molar-refractivity contribution in [3.8, 4) is 22.8 Å². The van der Waals surface area contributed by atoms with E-state index in [0.29, 0.717) is 36.4 Å². The molecule has 7 nitrogen and oxygen atoms in total. The summed E-state index contributed by atoms with van der Waals surface area (Å²) in [7, 11) is -2.82. The molecule has 0 aliphatic carbocycles. The van der Waals surface area contributed by atoms with Crippen LogP contribution in [0.1, 0.15) is 18.4 Å². The first-order chi connectivity index (χ1) is 15.7. The second-order valence-electron chi connectivity index (χ2n) is 7.67. The van der Waals surface area contributed by atoms with E-state index in [9.17, 15) is 13.0 Å². The van der Waals surface area contributed by atoms with Gasteiger partial charge in [0, 0.05) is 33.3 Å². The zero-order chi connectivity index (χ0) is 23.6. The molecule has 0 spiro atoms. The number of anilines is 2. The molecule has 2 aromatic carbocycles. The minimum atomic E-state index is -2.82. The van der Waals surface area contributed by atoms with Crippen LogP contribution in [0.3, 0.4) is 0 Å². The fourth-order valence-corrected chi connectivity index (χ4v) is 4.18. The minimum Gasteiger partial charge on any atom is -0.494 e. The Morgan fingerprint density at radius 3 is 2.61 bits per heavy atom. The van der Waals surface area contributed by atoms with E-state index >= 15 is 4.39 Å². The van der Waals surface area contributed by atoms with Crippen molar-refractivity contribution in [1.29, 1.82) is 4.78 Å². The number of hydrogen-bond acceptors (Lipinski definition) is 7. The summed E-state index contributed by atoms with van der Waals surface area (Å²) in [6.45, 7) is 0.332. The van der Waals surface area contributed by atoms with Gasteiger partial charge in [-0.2, -0.15) is 0 Å². The van der Waals surface area contributed by atoms with Gasteiger partial charge in [-0.05, 0) is 42.7 Å². The summed E-state index contributed by atoms with van der Waals surface area (Å²) < 4.78 is 74.5. The molecule has 0 amide bonds. The van der Waals surface area contributed by atoms with Crippen molar-refractivity contribution in [2.24, 2.45) is 0 Å². The van der Waals surface area contributed by atoms with Gasteiger partial charge < -0.3 is 14.8 Å². The Bertz CT molecular complexity index is 1300. The molecular formula is C22H21F3N4O3S. The molecule has 0 saturated heterocycles. The summed E-state index contributed by atoms with van der Waals surface area (Å²) in [6.07, 6.45) is 3.21. The van der Waals surface area contributed by atoms with E-state index in [2.05, 4.69) is 15.3 Å². The van der Waals surface area contributed by atoms with Crippen molar-refractivity contribution in [3.05, 3.63) is 59.5 Å². The van der Waals surface area contributed by atoms with Gasteiger partial charge in [0.25, 0.3) is 0 Å². The monoisotopic (exact) mass is 478 g/mol. The van der Waals surface area contributed by atoms with Crippen LogP contribution in [0.2, 0.25) is 0 Å². The molecule has 33 heavy (non-hydrogen) atoms. The van der Waals surface area contributed by atoms with Crippen LogP contribution in [0.25, 0.3) is 11.3 Å². The number of benzene rings is 2. The number of aromatic nitrogens is 2. The summed E-state index contributed by atoms with van der Waals surface area (Å²) in [5.41, 5.74) is 0.425. The maximum Gasteiger partial charge on any atom is 0.227 e. The zero-order valence-electron chi connectivity index (χ0n) is 17.7. The number of fused-ring (bicyclic) bond motifs is 7. The third-order valence-electron chi connectivity index (χ3n) is 4.77. The maximum atomic E-state index is 15.0. The van der Waals surface area contributed by atoms with Gasteiger partial charge in [-0.25, -0.2) is 27.3 Å². The Hall–Kier alpha value is -3.34. The predicted molar refractivity (Wildman–Crippen MR) is 118 cm³/mol. The second kappa shape index (κ2) is 9.26. The molecule has 2 heterocycles. The number of nitrogens with one attached hydrogen (secondary N) is 2. The quantitative estimate of drug-likeness (QED) is 0.536. The largest absolute Gasteiger partial charge is 0.494 e. The highest BCUT2D eigenvalue weighted by Gasteiger charge is 2.21. The summed E-state index contributed by atoms with van der Waals surface area (Å²) >= 11 is 0. The molecule has 3 aromatic rings. The minimum absolute atomic E-state index is 0.00577. The van der Waals surface area contributed by atoms with Crippen LogP contribution in [0.4, 0.5) is 24.8 Å². The maximum absolute atomic E-state index is 15.0. The Balaban J connectivity index is 1.80.